The van der Waals surface area contributed by atoms with E-state index in [1.165, 1.54) is 12.1 Å². The van der Waals surface area contributed by atoms with E-state index in [0.29, 0.717) is 24.2 Å². The summed E-state index contributed by atoms with van der Waals surface area (Å²) in [5, 5.41) is 0. The summed E-state index contributed by atoms with van der Waals surface area (Å²) in [7, 11) is -3.58. The number of fused-ring (bicyclic) bond motifs is 1. The molecule has 1 atom stereocenters. The molecule has 0 saturated carbocycles. The summed E-state index contributed by atoms with van der Waals surface area (Å²) in [6.07, 6.45) is 2.40. The van der Waals surface area contributed by atoms with E-state index < -0.39 is 10.0 Å². The van der Waals surface area contributed by atoms with Crippen molar-refractivity contribution in [3.05, 3.63) is 53.6 Å². The third kappa shape index (κ3) is 3.99. The van der Waals surface area contributed by atoms with Crippen LogP contribution in [-0.2, 0) is 16.4 Å². The van der Waals surface area contributed by atoms with Crippen LogP contribution in [0, 0.1) is 0 Å². The van der Waals surface area contributed by atoms with E-state index >= 15 is 0 Å². The van der Waals surface area contributed by atoms with Crippen LogP contribution in [0.1, 0.15) is 42.6 Å². The maximum absolute atomic E-state index is 13.0. The number of anilines is 2. The number of nitrogen functional groups attached to an aromatic ring is 1. The average Bonchev–Trinajstić information content (AvgIpc) is 2.67. The molecule has 2 aromatic carbocycles. The monoisotopic (exact) mass is 387 g/mol. The van der Waals surface area contributed by atoms with E-state index in [0.717, 1.165) is 24.1 Å². The molecule has 3 N–H and O–H groups in total. The van der Waals surface area contributed by atoms with Crippen molar-refractivity contribution in [1.29, 1.82) is 0 Å². The largest absolute Gasteiger partial charge is 0.398 e. The molecule has 0 aliphatic carbocycles. The van der Waals surface area contributed by atoms with Gasteiger partial charge in [-0.2, -0.15) is 0 Å². The minimum absolute atomic E-state index is 0.147. The van der Waals surface area contributed by atoms with Crippen LogP contribution in [0.5, 0.6) is 0 Å². The molecule has 1 unspecified atom stereocenters. The number of hydrogen-bond donors (Lipinski definition) is 2. The SMILES string of the molecule is CCC(C)NS(=O)(=O)c1ccc(C(=O)N2CCCc3c(N)cccc32)cc1. The van der Waals surface area contributed by atoms with Gasteiger partial charge in [0.15, 0.2) is 0 Å². The lowest BCUT2D eigenvalue weighted by atomic mass is 9.99. The highest BCUT2D eigenvalue weighted by Crippen LogP contribution is 2.32. The Hall–Kier alpha value is -2.38. The van der Waals surface area contributed by atoms with Gasteiger partial charge in [-0.1, -0.05) is 13.0 Å². The molecule has 1 heterocycles. The predicted octanol–water partition coefficient (Wildman–Crippen LogP) is 2.94. The molecule has 0 saturated heterocycles. The first-order valence-corrected chi connectivity index (χ1v) is 10.6. The van der Waals surface area contributed by atoms with Crippen molar-refractivity contribution in [2.45, 2.75) is 44.0 Å². The van der Waals surface area contributed by atoms with Gasteiger partial charge in [-0.25, -0.2) is 13.1 Å². The van der Waals surface area contributed by atoms with Gasteiger partial charge in [-0.3, -0.25) is 4.79 Å². The molecule has 1 amide bonds. The predicted molar refractivity (Wildman–Crippen MR) is 107 cm³/mol. The lowest BCUT2D eigenvalue weighted by Gasteiger charge is -2.30. The molecule has 0 radical (unpaired) electrons. The number of sulfonamides is 1. The Bertz CT molecular complexity index is 939. The number of rotatable bonds is 5. The van der Waals surface area contributed by atoms with Crippen molar-refractivity contribution in [1.82, 2.24) is 4.72 Å². The van der Waals surface area contributed by atoms with Gasteiger partial charge in [0.05, 0.1) is 4.90 Å². The highest BCUT2D eigenvalue weighted by molar-refractivity contribution is 7.89. The molecular formula is C20H25N3O3S. The minimum atomic E-state index is -3.58. The highest BCUT2D eigenvalue weighted by atomic mass is 32.2. The molecule has 1 aliphatic rings. The van der Waals surface area contributed by atoms with Crippen LogP contribution in [0.25, 0.3) is 0 Å². The molecule has 0 bridgehead atoms. The van der Waals surface area contributed by atoms with Crippen LogP contribution in [0.2, 0.25) is 0 Å². The zero-order chi connectivity index (χ0) is 19.6. The standard InChI is InChI=1S/C20H25N3O3S/c1-3-14(2)22-27(25,26)16-11-9-15(10-12-16)20(24)23-13-5-6-17-18(21)7-4-8-19(17)23/h4,7-12,14,22H,3,5-6,13,21H2,1-2H3. The second kappa shape index (κ2) is 7.70. The van der Waals surface area contributed by atoms with Crippen LogP contribution >= 0.6 is 0 Å². The maximum Gasteiger partial charge on any atom is 0.258 e. The summed E-state index contributed by atoms with van der Waals surface area (Å²) >= 11 is 0. The molecule has 1 aliphatic heterocycles. The molecule has 7 heteroatoms. The molecular weight excluding hydrogens is 362 g/mol. The summed E-state index contributed by atoms with van der Waals surface area (Å²) in [4.78, 5) is 14.9. The van der Waals surface area contributed by atoms with Gasteiger partial charge in [0.1, 0.15) is 0 Å². The average molecular weight is 388 g/mol. The Labute approximate surface area is 160 Å². The van der Waals surface area contributed by atoms with E-state index in [-0.39, 0.29) is 16.8 Å². The summed E-state index contributed by atoms with van der Waals surface area (Å²) < 4.78 is 27.3. The fourth-order valence-electron chi connectivity index (χ4n) is 3.21. The quantitative estimate of drug-likeness (QED) is 0.772. The van der Waals surface area contributed by atoms with E-state index in [9.17, 15) is 13.2 Å². The van der Waals surface area contributed by atoms with E-state index in [1.54, 1.807) is 17.0 Å². The summed E-state index contributed by atoms with van der Waals surface area (Å²) in [5.74, 6) is -0.152. The molecule has 0 aromatic heterocycles. The van der Waals surface area contributed by atoms with Gasteiger partial charge in [0.25, 0.3) is 5.91 Å². The Balaban J connectivity index is 1.85. The normalized spacial score (nSPS) is 15.3. The number of amides is 1. The Morgan fingerprint density at radius 1 is 1.22 bits per heavy atom. The van der Waals surface area contributed by atoms with E-state index in [4.69, 9.17) is 5.73 Å². The lowest BCUT2D eigenvalue weighted by molar-refractivity contribution is 0.0985. The molecule has 3 rings (SSSR count). The van der Waals surface area contributed by atoms with Gasteiger partial charge in [0.2, 0.25) is 10.0 Å². The van der Waals surface area contributed by atoms with Crippen LogP contribution in [-0.4, -0.2) is 26.9 Å². The number of nitrogens with two attached hydrogens (primary N) is 1. The van der Waals surface area contributed by atoms with Crippen LogP contribution in [0.4, 0.5) is 11.4 Å². The molecule has 144 valence electrons. The summed E-state index contributed by atoms with van der Waals surface area (Å²) in [6, 6.07) is 11.5. The molecule has 0 spiro atoms. The van der Waals surface area contributed by atoms with Gasteiger partial charge >= 0.3 is 0 Å². The van der Waals surface area contributed by atoms with Crippen LogP contribution < -0.4 is 15.4 Å². The van der Waals surface area contributed by atoms with Gasteiger partial charge in [-0.15, -0.1) is 0 Å². The zero-order valence-electron chi connectivity index (χ0n) is 15.6. The first-order chi connectivity index (χ1) is 12.8. The number of hydrogen-bond acceptors (Lipinski definition) is 4. The second-order valence-electron chi connectivity index (χ2n) is 6.86. The number of carbonyl (C=O) groups excluding carboxylic acids is 1. The number of nitrogens with one attached hydrogen (secondary N) is 1. The van der Waals surface area contributed by atoms with Crippen molar-refractivity contribution in [3.63, 3.8) is 0 Å². The van der Waals surface area contributed by atoms with Crippen molar-refractivity contribution in [2.24, 2.45) is 0 Å². The highest BCUT2D eigenvalue weighted by Gasteiger charge is 2.25. The Morgan fingerprint density at radius 2 is 1.93 bits per heavy atom. The van der Waals surface area contributed by atoms with Crippen molar-refractivity contribution < 1.29 is 13.2 Å². The fourth-order valence-corrected chi connectivity index (χ4v) is 4.54. The molecule has 0 fully saturated rings. The first kappa shape index (κ1) is 19.4. The second-order valence-corrected chi connectivity index (χ2v) is 8.57. The number of carbonyl (C=O) groups is 1. The van der Waals surface area contributed by atoms with E-state index in [1.807, 2.05) is 32.0 Å². The van der Waals surface area contributed by atoms with Crippen LogP contribution in [0.3, 0.4) is 0 Å². The molecule has 27 heavy (non-hydrogen) atoms. The Kier molecular flexibility index (Phi) is 5.53. The van der Waals surface area contributed by atoms with Gasteiger partial charge < -0.3 is 10.6 Å². The lowest BCUT2D eigenvalue weighted by Crippen LogP contribution is -2.36. The number of benzene rings is 2. The van der Waals surface area contributed by atoms with Crippen molar-refractivity contribution >= 4 is 27.3 Å². The minimum Gasteiger partial charge on any atom is -0.398 e. The van der Waals surface area contributed by atoms with Crippen molar-refractivity contribution in [2.75, 3.05) is 17.2 Å². The summed E-state index contributed by atoms with van der Waals surface area (Å²) in [5.41, 5.74) is 9.03. The molecule has 6 nitrogen and oxygen atoms in total. The van der Waals surface area contributed by atoms with Crippen molar-refractivity contribution in [3.8, 4) is 0 Å². The topological polar surface area (TPSA) is 92.5 Å². The molecule has 2 aromatic rings. The fraction of sp³-hybridized carbons (Fsp3) is 0.350. The summed E-state index contributed by atoms with van der Waals surface area (Å²) in [6.45, 7) is 4.35. The zero-order valence-corrected chi connectivity index (χ0v) is 16.4. The third-order valence-corrected chi connectivity index (χ3v) is 6.52. The van der Waals surface area contributed by atoms with Crippen LogP contribution in [0.15, 0.2) is 47.4 Å². The number of nitrogens with zero attached hydrogens (tertiary/aromatic N) is 1. The third-order valence-electron chi connectivity index (χ3n) is 4.91. The van der Waals surface area contributed by atoms with Gasteiger partial charge in [-0.05, 0) is 68.1 Å². The smallest absolute Gasteiger partial charge is 0.258 e. The van der Waals surface area contributed by atoms with E-state index in [2.05, 4.69) is 4.72 Å². The Morgan fingerprint density at radius 3 is 2.59 bits per heavy atom. The first-order valence-electron chi connectivity index (χ1n) is 9.15. The van der Waals surface area contributed by atoms with Gasteiger partial charge in [0, 0.05) is 29.5 Å². The maximum atomic E-state index is 13.0.